The maximum atomic E-state index is 13.4. The molecular formula is C11H10FNS. The smallest absolute Gasteiger partial charge is 0.131 e. The average Bonchev–Trinajstić information content (AvgIpc) is 2.66. The van der Waals surface area contributed by atoms with E-state index in [1.165, 1.54) is 6.07 Å². The minimum atomic E-state index is -0.194. The fourth-order valence-corrected chi connectivity index (χ4v) is 2.19. The third kappa shape index (κ3) is 1.56. The van der Waals surface area contributed by atoms with Crippen LogP contribution < -0.4 is 5.73 Å². The molecule has 0 fully saturated rings. The van der Waals surface area contributed by atoms with Crippen LogP contribution in [0.1, 0.15) is 4.88 Å². The van der Waals surface area contributed by atoms with Gasteiger partial charge in [-0.2, -0.15) is 0 Å². The van der Waals surface area contributed by atoms with Gasteiger partial charge in [-0.25, -0.2) is 4.39 Å². The van der Waals surface area contributed by atoms with Gasteiger partial charge in [-0.05, 0) is 23.1 Å². The Kier molecular flexibility index (Phi) is 2.61. The van der Waals surface area contributed by atoms with Crippen LogP contribution in [0.15, 0.2) is 35.7 Å². The predicted molar refractivity (Wildman–Crippen MR) is 57.6 cm³/mol. The van der Waals surface area contributed by atoms with Crippen molar-refractivity contribution in [2.24, 2.45) is 5.73 Å². The van der Waals surface area contributed by atoms with E-state index in [9.17, 15) is 4.39 Å². The van der Waals surface area contributed by atoms with Crippen molar-refractivity contribution < 1.29 is 4.39 Å². The minimum absolute atomic E-state index is 0.194. The molecular weight excluding hydrogens is 197 g/mol. The summed E-state index contributed by atoms with van der Waals surface area (Å²) in [5.74, 6) is -0.194. The SMILES string of the molecule is NCc1sccc1-c1ccccc1F. The van der Waals surface area contributed by atoms with Crippen LogP contribution in [0.5, 0.6) is 0 Å². The van der Waals surface area contributed by atoms with Gasteiger partial charge in [-0.15, -0.1) is 11.3 Å². The first-order valence-corrected chi connectivity index (χ1v) is 5.22. The van der Waals surface area contributed by atoms with E-state index in [-0.39, 0.29) is 5.82 Å². The zero-order valence-corrected chi connectivity index (χ0v) is 8.35. The van der Waals surface area contributed by atoms with E-state index in [0.29, 0.717) is 12.1 Å². The number of benzene rings is 1. The fraction of sp³-hybridized carbons (Fsp3) is 0.0909. The monoisotopic (exact) mass is 207 g/mol. The molecule has 1 aromatic carbocycles. The molecule has 2 aromatic rings. The molecule has 2 rings (SSSR count). The first-order valence-electron chi connectivity index (χ1n) is 4.34. The molecule has 3 heteroatoms. The van der Waals surface area contributed by atoms with Crippen molar-refractivity contribution in [3.63, 3.8) is 0 Å². The van der Waals surface area contributed by atoms with Gasteiger partial charge in [-0.1, -0.05) is 18.2 Å². The highest BCUT2D eigenvalue weighted by molar-refractivity contribution is 7.10. The lowest BCUT2D eigenvalue weighted by Gasteiger charge is -2.02. The van der Waals surface area contributed by atoms with Crippen LogP contribution in [-0.2, 0) is 6.54 Å². The highest BCUT2D eigenvalue weighted by Gasteiger charge is 2.08. The van der Waals surface area contributed by atoms with E-state index < -0.39 is 0 Å². The molecule has 0 saturated heterocycles. The molecule has 0 aliphatic rings. The minimum Gasteiger partial charge on any atom is -0.326 e. The first-order chi connectivity index (χ1) is 6.83. The number of hydrogen-bond acceptors (Lipinski definition) is 2. The third-order valence-electron chi connectivity index (χ3n) is 2.09. The van der Waals surface area contributed by atoms with Crippen molar-refractivity contribution in [2.45, 2.75) is 6.54 Å². The van der Waals surface area contributed by atoms with Gasteiger partial charge in [0.05, 0.1) is 0 Å². The molecule has 0 aliphatic heterocycles. The molecule has 0 unspecified atom stereocenters. The van der Waals surface area contributed by atoms with Gasteiger partial charge < -0.3 is 5.73 Å². The van der Waals surface area contributed by atoms with Crippen LogP contribution in [0.4, 0.5) is 4.39 Å². The zero-order valence-electron chi connectivity index (χ0n) is 7.53. The Morgan fingerprint density at radius 1 is 1.14 bits per heavy atom. The lowest BCUT2D eigenvalue weighted by Crippen LogP contribution is -1.95. The number of rotatable bonds is 2. The van der Waals surface area contributed by atoms with Crippen molar-refractivity contribution in [1.82, 2.24) is 0 Å². The molecule has 0 spiro atoms. The molecule has 0 atom stereocenters. The number of hydrogen-bond donors (Lipinski definition) is 1. The Bertz CT molecular complexity index is 436. The Hall–Kier alpha value is -1.19. The quantitative estimate of drug-likeness (QED) is 0.804. The van der Waals surface area contributed by atoms with E-state index in [1.54, 1.807) is 23.5 Å². The molecule has 1 heterocycles. The third-order valence-corrected chi connectivity index (χ3v) is 3.04. The summed E-state index contributed by atoms with van der Waals surface area (Å²) in [6.07, 6.45) is 0. The van der Waals surface area contributed by atoms with Gasteiger partial charge in [0.15, 0.2) is 0 Å². The zero-order chi connectivity index (χ0) is 9.97. The number of halogens is 1. The molecule has 1 aromatic heterocycles. The van der Waals surface area contributed by atoms with Crippen molar-refractivity contribution in [1.29, 1.82) is 0 Å². The molecule has 2 N–H and O–H groups in total. The van der Waals surface area contributed by atoms with Gasteiger partial charge in [0.25, 0.3) is 0 Å². The van der Waals surface area contributed by atoms with Crippen LogP contribution in [0.25, 0.3) is 11.1 Å². The molecule has 0 saturated carbocycles. The lowest BCUT2D eigenvalue weighted by molar-refractivity contribution is 0.631. The summed E-state index contributed by atoms with van der Waals surface area (Å²) in [5, 5.41) is 1.93. The van der Waals surface area contributed by atoms with Gasteiger partial charge >= 0.3 is 0 Å². The van der Waals surface area contributed by atoms with Crippen LogP contribution in [-0.4, -0.2) is 0 Å². The standard InChI is InChI=1S/C11H10FNS/c12-10-4-2-1-3-8(10)9-5-6-14-11(9)7-13/h1-6H,7,13H2. The predicted octanol–water partition coefficient (Wildman–Crippen LogP) is 3.01. The summed E-state index contributed by atoms with van der Waals surface area (Å²) in [7, 11) is 0. The Morgan fingerprint density at radius 3 is 2.64 bits per heavy atom. The van der Waals surface area contributed by atoms with Gasteiger partial charge in [0.1, 0.15) is 5.82 Å². The topological polar surface area (TPSA) is 26.0 Å². The highest BCUT2D eigenvalue weighted by Crippen LogP contribution is 2.29. The Balaban J connectivity index is 2.54. The second-order valence-corrected chi connectivity index (χ2v) is 3.94. The van der Waals surface area contributed by atoms with E-state index in [4.69, 9.17) is 5.73 Å². The summed E-state index contributed by atoms with van der Waals surface area (Å²) in [4.78, 5) is 1.02. The van der Waals surface area contributed by atoms with Crippen LogP contribution in [0.3, 0.4) is 0 Å². The van der Waals surface area contributed by atoms with E-state index in [0.717, 1.165) is 10.4 Å². The maximum absolute atomic E-state index is 13.4. The van der Waals surface area contributed by atoms with Crippen LogP contribution in [0.2, 0.25) is 0 Å². The Labute approximate surface area is 86.0 Å². The summed E-state index contributed by atoms with van der Waals surface area (Å²) < 4.78 is 13.4. The molecule has 0 aliphatic carbocycles. The molecule has 0 amide bonds. The van der Waals surface area contributed by atoms with Crippen molar-refractivity contribution in [3.8, 4) is 11.1 Å². The summed E-state index contributed by atoms with van der Waals surface area (Å²) in [6.45, 7) is 0.460. The van der Waals surface area contributed by atoms with Gasteiger partial charge in [-0.3, -0.25) is 0 Å². The number of thiophene rings is 1. The van der Waals surface area contributed by atoms with E-state index in [1.807, 2.05) is 17.5 Å². The molecule has 0 bridgehead atoms. The molecule has 72 valence electrons. The lowest BCUT2D eigenvalue weighted by atomic mass is 10.1. The second kappa shape index (κ2) is 3.90. The Morgan fingerprint density at radius 2 is 1.93 bits per heavy atom. The molecule has 0 radical (unpaired) electrons. The van der Waals surface area contributed by atoms with Gasteiger partial charge in [0, 0.05) is 17.0 Å². The van der Waals surface area contributed by atoms with Gasteiger partial charge in [0.2, 0.25) is 0 Å². The van der Waals surface area contributed by atoms with E-state index in [2.05, 4.69) is 0 Å². The van der Waals surface area contributed by atoms with Crippen LogP contribution in [0, 0.1) is 5.82 Å². The summed E-state index contributed by atoms with van der Waals surface area (Å²) >= 11 is 1.56. The number of nitrogens with two attached hydrogens (primary N) is 1. The van der Waals surface area contributed by atoms with Crippen LogP contribution >= 0.6 is 11.3 Å². The average molecular weight is 207 g/mol. The van der Waals surface area contributed by atoms with E-state index >= 15 is 0 Å². The second-order valence-electron chi connectivity index (χ2n) is 2.94. The highest BCUT2D eigenvalue weighted by atomic mass is 32.1. The maximum Gasteiger partial charge on any atom is 0.131 e. The first kappa shape index (κ1) is 9.37. The van der Waals surface area contributed by atoms with Crippen molar-refractivity contribution in [2.75, 3.05) is 0 Å². The molecule has 14 heavy (non-hydrogen) atoms. The molecule has 1 nitrogen and oxygen atoms in total. The largest absolute Gasteiger partial charge is 0.326 e. The summed E-state index contributed by atoms with van der Waals surface area (Å²) in [5.41, 5.74) is 7.12. The van der Waals surface area contributed by atoms with Crippen molar-refractivity contribution >= 4 is 11.3 Å². The fourth-order valence-electron chi connectivity index (χ4n) is 1.42. The van der Waals surface area contributed by atoms with Crippen molar-refractivity contribution in [3.05, 3.63) is 46.4 Å². The normalized spacial score (nSPS) is 10.4. The summed E-state index contributed by atoms with van der Waals surface area (Å²) in [6, 6.07) is 8.67.